The van der Waals surface area contributed by atoms with Crippen molar-refractivity contribution in [3.8, 4) is 0 Å². The lowest BCUT2D eigenvalue weighted by Gasteiger charge is -2.22. The number of allylic oxidation sites excluding steroid dienone is 4. The summed E-state index contributed by atoms with van der Waals surface area (Å²) < 4.78 is 5.44. The van der Waals surface area contributed by atoms with Gasteiger partial charge in [-0.1, -0.05) is 289 Å². The van der Waals surface area contributed by atoms with Crippen LogP contribution in [-0.4, -0.2) is 47.4 Å². The summed E-state index contributed by atoms with van der Waals surface area (Å²) in [6.07, 6.45) is 70.4. The van der Waals surface area contributed by atoms with Crippen molar-refractivity contribution in [2.24, 2.45) is 0 Å². The smallest absolute Gasteiger partial charge is 0.305 e. The molecule has 2 atom stereocenters. The Morgan fingerprint density at radius 2 is 0.721 bits per heavy atom. The monoisotopic (exact) mass is 958 g/mol. The average Bonchev–Trinajstić information content (AvgIpc) is 3.34. The van der Waals surface area contributed by atoms with Crippen LogP contribution >= 0.6 is 0 Å². The second-order valence-corrected chi connectivity index (χ2v) is 21.1. The summed E-state index contributed by atoms with van der Waals surface area (Å²) in [4.78, 5) is 24.5. The van der Waals surface area contributed by atoms with Crippen molar-refractivity contribution in [1.29, 1.82) is 0 Å². The molecule has 0 saturated carbocycles. The van der Waals surface area contributed by atoms with E-state index in [9.17, 15) is 19.8 Å². The molecule has 1 amide bonds. The van der Waals surface area contributed by atoms with Gasteiger partial charge in [-0.15, -0.1) is 0 Å². The zero-order valence-electron chi connectivity index (χ0n) is 45.9. The summed E-state index contributed by atoms with van der Waals surface area (Å²) in [5.74, 6) is -0.0547. The highest BCUT2D eigenvalue weighted by Gasteiger charge is 2.20. The van der Waals surface area contributed by atoms with Gasteiger partial charge < -0.3 is 20.3 Å². The van der Waals surface area contributed by atoms with Gasteiger partial charge in [0, 0.05) is 12.8 Å². The van der Waals surface area contributed by atoms with Gasteiger partial charge in [0.1, 0.15) is 0 Å². The number of nitrogens with one attached hydrogen (secondary N) is 1. The van der Waals surface area contributed by atoms with Crippen molar-refractivity contribution in [2.75, 3.05) is 13.2 Å². The maximum absolute atomic E-state index is 12.5. The first kappa shape index (κ1) is 66.3. The topological polar surface area (TPSA) is 95.9 Å². The third-order valence-corrected chi connectivity index (χ3v) is 14.3. The maximum Gasteiger partial charge on any atom is 0.305 e. The summed E-state index contributed by atoms with van der Waals surface area (Å²) in [6, 6.07) is -0.550. The molecule has 6 nitrogen and oxygen atoms in total. The van der Waals surface area contributed by atoms with Crippen LogP contribution < -0.4 is 5.32 Å². The predicted octanol–water partition coefficient (Wildman–Crippen LogP) is 19.0. The van der Waals surface area contributed by atoms with Gasteiger partial charge in [-0.05, 0) is 57.8 Å². The largest absolute Gasteiger partial charge is 0.466 e. The summed E-state index contributed by atoms with van der Waals surface area (Å²) in [7, 11) is 0. The minimum absolute atomic E-state index is 0.0131. The molecule has 6 heteroatoms. The van der Waals surface area contributed by atoms with Crippen LogP contribution in [0.25, 0.3) is 0 Å². The highest BCUT2D eigenvalue weighted by Crippen LogP contribution is 2.18. The standard InChI is InChI=1S/C62H119NO5/c1-3-5-7-9-11-13-15-16-17-18-19-20-22-25-28-31-35-38-42-46-50-54-60(65)59(58-64)63-61(66)55-51-47-43-39-36-32-29-26-23-21-24-27-30-33-37-41-45-49-53-57-68-62(67)56-52-48-44-40-34-14-12-10-8-6-4-2/h27,30,33,37,59-60,64-65H,3-26,28-29,31-32,34-36,38-58H2,1-2H3,(H,63,66)/b30-27-,37-33-. The number of carbonyl (C=O) groups excluding carboxylic acids is 2. The van der Waals surface area contributed by atoms with E-state index >= 15 is 0 Å². The Labute approximate surface area is 424 Å². The van der Waals surface area contributed by atoms with E-state index in [1.807, 2.05) is 0 Å². The lowest BCUT2D eigenvalue weighted by Crippen LogP contribution is -2.45. The van der Waals surface area contributed by atoms with Gasteiger partial charge in [-0.3, -0.25) is 9.59 Å². The van der Waals surface area contributed by atoms with Crippen molar-refractivity contribution in [3.05, 3.63) is 24.3 Å². The first-order valence-corrected chi connectivity index (χ1v) is 30.6. The third-order valence-electron chi connectivity index (χ3n) is 14.3. The van der Waals surface area contributed by atoms with Crippen molar-refractivity contribution in [1.82, 2.24) is 5.32 Å². The van der Waals surface area contributed by atoms with Crippen LogP contribution in [0, 0.1) is 0 Å². The highest BCUT2D eigenvalue weighted by atomic mass is 16.5. The molecule has 0 radical (unpaired) electrons. The number of unbranched alkanes of at least 4 members (excludes halogenated alkanes) is 43. The molecule has 0 aliphatic carbocycles. The third kappa shape index (κ3) is 53.7. The molecule has 0 rings (SSSR count). The van der Waals surface area contributed by atoms with Gasteiger partial charge in [0.25, 0.3) is 0 Å². The molecule has 3 N–H and O–H groups in total. The van der Waals surface area contributed by atoms with Crippen LogP contribution in [0.15, 0.2) is 24.3 Å². The molecule has 0 bridgehead atoms. The molecule has 2 unspecified atom stereocenters. The number of hydrogen-bond donors (Lipinski definition) is 3. The molecule has 0 spiro atoms. The number of rotatable bonds is 57. The summed E-state index contributed by atoms with van der Waals surface area (Å²) in [5, 5.41) is 23.4. The van der Waals surface area contributed by atoms with E-state index in [0.29, 0.717) is 25.9 Å². The Balaban J connectivity index is 3.47. The van der Waals surface area contributed by atoms with Gasteiger partial charge in [0.05, 0.1) is 25.4 Å². The average molecular weight is 959 g/mol. The lowest BCUT2D eigenvalue weighted by atomic mass is 10.0. The molecular formula is C62H119NO5. The van der Waals surface area contributed by atoms with Crippen LogP contribution in [0.4, 0.5) is 0 Å². The van der Waals surface area contributed by atoms with Crippen LogP contribution in [0.1, 0.15) is 335 Å². The zero-order chi connectivity index (χ0) is 49.3. The number of carbonyl (C=O) groups is 2. The maximum atomic E-state index is 12.5. The number of aliphatic hydroxyl groups excluding tert-OH is 2. The number of hydrogen-bond acceptors (Lipinski definition) is 5. The van der Waals surface area contributed by atoms with E-state index in [1.54, 1.807) is 0 Å². The van der Waals surface area contributed by atoms with Gasteiger partial charge in [-0.2, -0.15) is 0 Å². The molecular weight excluding hydrogens is 839 g/mol. The Bertz CT molecular complexity index is 1060. The Kier molecular flexibility index (Phi) is 56.5. The van der Waals surface area contributed by atoms with Gasteiger partial charge in [-0.25, -0.2) is 0 Å². The first-order chi connectivity index (χ1) is 33.5. The second kappa shape index (κ2) is 57.9. The van der Waals surface area contributed by atoms with E-state index in [1.165, 1.54) is 231 Å². The molecule has 0 fully saturated rings. The number of aliphatic hydroxyl groups is 2. The summed E-state index contributed by atoms with van der Waals surface area (Å²) in [5.41, 5.74) is 0. The molecule has 68 heavy (non-hydrogen) atoms. The van der Waals surface area contributed by atoms with Gasteiger partial charge >= 0.3 is 5.97 Å². The van der Waals surface area contributed by atoms with Crippen molar-refractivity contribution in [2.45, 2.75) is 347 Å². The van der Waals surface area contributed by atoms with E-state index in [-0.39, 0.29) is 18.5 Å². The molecule has 0 heterocycles. The molecule has 402 valence electrons. The zero-order valence-corrected chi connectivity index (χ0v) is 45.9. The van der Waals surface area contributed by atoms with E-state index in [0.717, 1.165) is 70.6 Å². The molecule has 0 aromatic rings. The van der Waals surface area contributed by atoms with Gasteiger partial charge in [0.15, 0.2) is 0 Å². The number of ether oxygens (including phenoxy) is 1. The van der Waals surface area contributed by atoms with Crippen LogP contribution in [-0.2, 0) is 14.3 Å². The van der Waals surface area contributed by atoms with Crippen LogP contribution in [0.2, 0.25) is 0 Å². The SMILES string of the molecule is CCCCCCCCCCCCCCCCCCCCCCCC(O)C(CO)NC(=O)CCCCCCCCCCCC/C=C\C=C/CCCCCOC(=O)CCCCCCCCCCCCC. The quantitative estimate of drug-likeness (QED) is 0.0321. The highest BCUT2D eigenvalue weighted by molar-refractivity contribution is 5.76. The number of esters is 1. The molecule has 0 aromatic heterocycles. The second-order valence-electron chi connectivity index (χ2n) is 21.1. The van der Waals surface area contributed by atoms with Crippen molar-refractivity contribution < 1.29 is 24.5 Å². The molecule has 0 aliphatic heterocycles. The normalized spacial score (nSPS) is 12.7. The van der Waals surface area contributed by atoms with Crippen LogP contribution in [0.5, 0.6) is 0 Å². The van der Waals surface area contributed by atoms with Crippen molar-refractivity contribution >= 4 is 11.9 Å². The fraction of sp³-hybridized carbons (Fsp3) is 0.903. The Hall–Kier alpha value is -1.66. The van der Waals surface area contributed by atoms with Crippen LogP contribution in [0.3, 0.4) is 0 Å². The van der Waals surface area contributed by atoms with Gasteiger partial charge in [0.2, 0.25) is 5.91 Å². The predicted molar refractivity (Wildman–Crippen MR) is 296 cm³/mol. The first-order valence-electron chi connectivity index (χ1n) is 30.6. The molecule has 0 saturated heterocycles. The molecule has 0 aliphatic rings. The summed E-state index contributed by atoms with van der Waals surface area (Å²) >= 11 is 0. The summed E-state index contributed by atoms with van der Waals surface area (Å²) in [6.45, 7) is 4.93. The number of amides is 1. The Morgan fingerprint density at radius 1 is 0.412 bits per heavy atom. The van der Waals surface area contributed by atoms with E-state index < -0.39 is 12.1 Å². The lowest BCUT2D eigenvalue weighted by molar-refractivity contribution is -0.143. The van der Waals surface area contributed by atoms with E-state index in [2.05, 4.69) is 43.5 Å². The van der Waals surface area contributed by atoms with E-state index in [4.69, 9.17) is 4.74 Å². The Morgan fingerprint density at radius 3 is 1.09 bits per heavy atom. The molecule has 0 aromatic carbocycles. The fourth-order valence-corrected chi connectivity index (χ4v) is 9.57. The minimum atomic E-state index is -0.672. The van der Waals surface area contributed by atoms with Crippen molar-refractivity contribution in [3.63, 3.8) is 0 Å². The fourth-order valence-electron chi connectivity index (χ4n) is 9.57. The minimum Gasteiger partial charge on any atom is -0.466 e.